The Balaban J connectivity index is 2.87. The van der Waals surface area contributed by atoms with E-state index >= 15 is 0 Å². The molecule has 1 amide bonds. The van der Waals surface area contributed by atoms with Crippen molar-refractivity contribution in [2.24, 2.45) is 0 Å². The molecular weight excluding hydrogens is 168 g/mol. The van der Waals surface area contributed by atoms with Gasteiger partial charge in [-0.2, -0.15) is 0 Å². The molecule has 0 unspecified atom stereocenters. The van der Waals surface area contributed by atoms with Crippen LogP contribution in [0.5, 0.6) is 0 Å². The molecule has 0 aromatic carbocycles. The van der Waals surface area contributed by atoms with Crippen molar-refractivity contribution in [3.63, 3.8) is 0 Å². The second-order valence-electron chi connectivity index (χ2n) is 2.85. The summed E-state index contributed by atoms with van der Waals surface area (Å²) >= 11 is 0. The van der Waals surface area contributed by atoms with Crippen molar-refractivity contribution in [3.05, 3.63) is 0 Å². The zero-order valence-corrected chi connectivity index (χ0v) is 8.56. The monoisotopic (exact) mass is 188 g/mol. The average Bonchev–Trinajstić information content (AvgIpc) is 2.09. The number of carbonyl (C=O) groups excluding carboxylic acids is 1. The lowest BCUT2D eigenvalue weighted by atomic mass is 10.5. The van der Waals surface area contributed by atoms with Crippen LogP contribution in [0.1, 0.15) is 20.3 Å². The van der Waals surface area contributed by atoms with Gasteiger partial charge in [0.05, 0.1) is 6.61 Å². The van der Waals surface area contributed by atoms with E-state index in [-0.39, 0.29) is 5.91 Å². The number of hydrogen-bond donors (Lipinski definition) is 2. The zero-order valence-electron chi connectivity index (χ0n) is 8.56. The van der Waals surface area contributed by atoms with Crippen molar-refractivity contribution >= 4 is 5.91 Å². The Kier molecular flexibility index (Phi) is 9.03. The number of ether oxygens (including phenoxy) is 1. The van der Waals surface area contributed by atoms with Gasteiger partial charge in [0.2, 0.25) is 5.91 Å². The predicted octanol–water partition coefficient (Wildman–Crippen LogP) is 0.139. The van der Waals surface area contributed by atoms with E-state index in [1.807, 2.05) is 0 Å². The molecule has 0 aliphatic rings. The summed E-state index contributed by atoms with van der Waals surface area (Å²) in [6.45, 7) is 7.51. The standard InChI is InChI=1S/C9H20N2O2/c1-3-7-13-8-6-10-4-5-11-9(2)12/h10H,3-8H2,1-2H3,(H,11,12). The first-order valence-corrected chi connectivity index (χ1v) is 4.80. The van der Waals surface area contributed by atoms with Crippen LogP contribution in [0.3, 0.4) is 0 Å². The lowest BCUT2D eigenvalue weighted by Crippen LogP contribution is -2.31. The van der Waals surface area contributed by atoms with Gasteiger partial charge in [-0.3, -0.25) is 4.79 Å². The molecule has 0 spiro atoms. The Morgan fingerprint density at radius 3 is 2.62 bits per heavy atom. The van der Waals surface area contributed by atoms with E-state index in [2.05, 4.69) is 17.6 Å². The summed E-state index contributed by atoms with van der Waals surface area (Å²) in [5.41, 5.74) is 0. The molecule has 78 valence electrons. The fraction of sp³-hybridized carbons (Fsp3) is 0.889. The highest BCUT2D eigenvalue weighted by Gasteiger charge is 1.90. The molecule has 4 heteroatoms. The number of hydrogen-bond acceptors (Lipinski definition) is 3. The van der Waals surface area contributed by atoms with Crippen LogP contribution in [0.4, 0.5) is 0 Å². The quantitative estimate of drug-likeness (QED) is 0.533. The lowest BCUT2D eigenvalue weighted by molar-refractivity contribution is -0.118. The van der Waals surface area contributed by atoms with E-state index in [0.29, 0.717) is 6.54 Å². The van der Waals surface area contributed by atoms with Gasteiger partial charge >= 0.3 is 0 Å². The highest BCUT2D eigenvalue weighted by molar-refractivity contribution is 5.72. The molecule has 0 saturated carbocycles. The summed E-state index contributed by atoms with van der Waals surface area (Å²) in [7, 11) is 0. The summed E-state index contributed by atoms with van der Waals surface area (Å²) < 4.78 is 5.26. The molecule has 2 N–H and O–H groups in total. The normalized spacial score (nSPS) is 10.0. The summed E-state index contributed by atoms with van der Waals surface area (Å²) in [5, 5.41) is 5.87. The largest absolute Gasteiger partial charge is 0.380 e. The van der Waals surface area contributed by atoms with Gasteiger partial charge < -0.3 is 15.4 Å². The molecule has 0 aliphatic heterocycles. The first-order valence-electron chi connectivity index (χ1n) is 4.80. The Hall–Kier alpha value is -0.610. The highest BCUT2D eigenvalue weighted by Crippen LogP contribution is 1.77. The van der Waals surface area contributed by atoms with Crippen molar-refractivity contribution in [1.29, 1.82) is 0 Å². The summed E-state index contributed by atoms with van der Waals surface area (Å²) in [6, 6.07) is 0. The van der Waals surface area contributed by atoms with E-state index in [1.54, 1.807) is 0 Å². The minimum absolute atomic E-state index is 0.0176. The summed E-state index contributed by atoms with van der Waals surface area (Å²) in [5.74, 6) is 0.0176. The van der Waals surface area contributed by atoms with Crippen molar-refractivity contribution in [2.75, 3.05) is 32.8 Å². The number of rotatable bonds is 8. The smallest absolute Gasteiger partial charge is 0.216 e. The second-order valence-corrected chi connectivity index (χ2v) is 2.85. The fourth-order valence-electron chi connectivity index (χ4n) is 0.843. The molecule has 0 heterocycles. The van der Waals surface area contributed by atoms with Crippen molar-refractivity contribution in [1.82, 2.24) is 10.6 Å². The highest BCUT2D eigenvalue weighted by atomic mass is 16.5. The van der Waals surface area contributed by atoms with Gasteiger partial charge in [-0.25, -0.2) is 0 Å². The van der Waals surface area contributed by atoms with Crippen LogP contribution in [0.25, 0.3) is 0 Å². The lowest BCUT2D eigenvalue weighted by Gasteiger charge is -2.05. The van der Waals surface area contributed by atoms with Crippen LogP contribution >= 0.6 is 0 Å². The van der Waals surface area contributed by atoms with Gasteiger partial charge in [0, 0.05) is 33.2 Å². The SMILES string of the molecule is CCCOCCNCCNC(C)=O. The van der Waals surface area contributed by atoms with E-state index in [4.69, 9.17) is 4.74 Å². The second kappa shape index (κ2) is 9.48. The molecule has 0 aliphatic carbocycles. The Morgan fingerprint density at radius 1 is 1.23 bits per heavy atom. The third-order valence-corrected chi connectivity index (χ3v) is 1.45. The van der Waals surface area contributed by atoms with Crippen LogP contribution < -0.4 is 10.6 Å². The predicted molar refractivity (Wildman–Crippen MR) is 52.7 cm³/mol. The Bertz CT molecular complexity index is 129. The third kappa shape index (κ3) is 11.4. The molecule has 0 aromatic rings. The molecule has 0 saturated heterocycles. The third-order valence-electron chi connectivity index (χ3n) is 1.45. The molecule has 0 atom stereocenters. The van der Waals surface area contributed by atoms with Gasteiger partial charge in [-0.1, -0.05) is 6.92 Å². The summed E-state index contributed by atoms with van der Waals surface area (Å²) in [4.78, 5) is 10.5. The van der Waals surface area contributed by atoms with Gasteiger partial charge in [-0.05, 0) is 6.42 Å². The van der Waals surface area contributed by atoms with Gasteiger partial charge in [-0.15, -0.1) is 0 Å². The Morgan fingerprint density at radius 2 is 2.00 bits per heavy atom. The van der Waals surface area contributed by atoms with E-state index in [9.17, 15) is 4.79 Å². The van der Waals surface area contributed by atoms with Gasteiger partial charge in [0.1, 0.15) is 0 Å². The van der Waals surface area contributed by atoms with E-state index < -0.39 is 0 Å². The van der Waals surface area contributed by atoms with Crippen LogP contribution in [0.15, 0.2) is 0 Å². The van der Waals surface area contributed by atoms with Crippen molar-refractivity contribution in [3.8, 4) is 0 Å². The topological polar surface area (TPSA) is 50.4 Å². The Labute approximate surface area is 80.0 Å². The molecule has 0 aromatic heterocycles. The zero-order chi connectivity index (χ0) is 9.94. The molecule has 0 fully saturated rings. The maximum atomic E-state index is 10.5. The van der Waals surface area contributed by atoms with Crippen molar-refractivity contribution < 1.29 is 9.53 Å². The molecule has 13 heavy (non-hydrogen) atoms. The first kappa shape index (κ1) is 12.4. The van der Waals surface area contributed by atoms with Crippen LogP contribution in [0, 0.1) is 0 Å². The molecular formula is C9H20N2O2. The van der Waals surface area contributed by atoms with Crippen molar-refractivity contribution in [2.45, 2.75) is 20.3 Å². The van der Waals surface area contributed by atoms with Gasteiger partial charge in [0.15, 0.2) is 0 Å². The number of nitrogens with one attached hydrogen (secondary N) is 2. The fourth-order valence-corrected chi connectivity index (χ4v) is 0.843. The van der Waals surface area contributed by atoms with Crippen LogP contribution in [-0.4, -0.2) is 38.8 Å². The average molecular weight is 188 g/mol. The molecule has 0 bridgehead atoms. The first-order chi connectivity index (χ1) is 6.27. The summed E-state index contributed by atoms with van der Waals surface area (Å²) in [6.07, 6.45) is 1.06. The number of amides is 1. The maximum Gasteiger partial charge on any atom is 0.216 e. The van der Waals surface area contributed by atoms with E-state index in [0.717, 1.165) is 32.7 Å². The number of carbonyl (C=O) groups is 1. The molecule has 4 nitrogen and oxygen atoms in total. The minimum Gasteiger partial charge on any atom is -0.380 e. The van der Waals surface area contributed by atoms with Crippen LogP contribution in [0.2, 0.25) is 0 Å². The van der Waals surface area contributed by atoms with Gasteiger partial charge in [0.25, 0.3) is 0 Å². The molecule has 0 radical (unpaired) electrons. The van der Waals surface area contributed by atoms with E-state index in [1.165, 1.54) is 6.92 Å². The minimum atomic E-state index is 0.0176. The molecule has 0 rings (SSSR count). The van der Waals surface area contributed by atoms with Crippen LogP contribution in [-0.2, 0) is 9.53 Å². The maximum absolute atomic E-state index is 10.5.